The van der Waals surface area contributed by atoms with Gasteiger partial charge in [0.15, 0.2) is 0 Å². The summed E-state index contributed by atoms with van der Waals surface area (Å²) in [5, 5.41) is 2.78. The Morgan fingerprint density at radius 3 is 1.92 bits per heavy atom. The van der Waals surface area contributed by atoms with E-state index >= 15 is 0 Å². The van der Waals surface area contributed by atoms with E-state index in [9.17, 15) is 0 Å². The van der Waals surface area contributed by atoms with E-state index in [-0.39, 0.29) is 6.10 Å². The van der Waals surface area contributed by atoms with E-state index in [4.69, 9.17) is 4.43 Å². The van der Waals surface area contributed by atoms with Crippen molar-refractivity contribution in [1.29, 1.82) is 0 Å². The zero-order valence-electron chi connectivity index (χ0n) is 14.7. The normalized spacial score (nSPS) is 19.5. The lowest BCUT2D eigenvalue weighted by Gasteiger charge is -2.41. The first kappa shape index (κ1) is 16.3. The van der Waals surface area contributed by atoms with Gasteiger partial charge in [0.2, 0.25) is 0 Å². The fourth-order valence-electron chi connectivity index (χ4n) is 4.07. The highest BCUT2D eigenvalue weighted by molar-refractivity contribution is 6.97. The van der Waals surface area contributed by atoms with Crippen LogP contribution in [0.2, 0.25) is 6.04 Å². The Balaban J connectivity index is 1.80. The highest BCUT2D eigenvalue weighted by Gasteiger charge is 2.44. The van der Waals surface area contributed by atoms with Crippen LogP contribution in [0.3, 0.4) is 0 Å². The van der Waals surface area contributed by atoms with Gasteiger partial charge in [-0.15, -0.1) is 0 Å². The molecule has 0 N–H and O–H groups in total. The van der Waals surface area contributed by atoms with Crippen LogP contribution in [-0.4, -0.2) is 8.32 Å². The minimum Gasteiger partial charge on any atom is -0.401 e. The average molecular weight is 345 g/mol. The Labute approximate surface area is 151 Å². The molecule has 0 spiro atoms. The second-order valence-electron chi connectivity index (χ2n) is 6.91. The molecule has 0 saturated carbocycles. The molecule has 25 heavy (non-hydrogen) atoms. The summed E-state index contributed by atoms with van der Waals surface area (Å²) in [6, 6.07) is 31.7. The molecule has 3 aromatic carbocycles. The van der Waals surface area contributed by atoms with Crippen molar-refractivity contribution in [3.05, 3.63) is 96.1 Å². The van der Waals surface area contributed by atoms with E-state index < -0.39 is 8.32 Å². The predicted octanol–water partition coefficient (Wildman–Crippen LogP) is 4.61. The molecule has 0 radical (unpaired) electrons. The zero-order valence-corrected chi connectivity index (χ0v) is 15.7. The Kier molecular flexibility index (Phi) is 4.56. The Hall–Kier alpha value is -2.16. The van der Waals surface area contributed by atoms with Crippen LogP contribution in [0, 0.1) is 6.92 Å². The SMILES string of the molecule is Cc1ccccc1C1CCC[Si](c2ccccc2)(c2ccccc2)O1. The molecule has 1 saturated heterocycles. The van der Waals surface area contributed by atoms with Crippen molar-refractivity contribution < 1.29 is 4.43 Å². The van der Waals surface area contributed by atoms with E-state index in [1.165, 1.54) is 27.9 Å². The first-order valence-corrected chi connectivity index (χ1v) is 11.3. The Morgan fingerprint density at radius 2 is 1.32 bits per heavy atom. The van der Waals surface area contributed by atoms with Gasteiger partial charge in [0, 0.05) is 0 Å². The Bertz CT molecular complexity index is 789. The van der Waals surface area contributed by atoms with Gasteiger partial charge >= 0.3 is 0 Å². The molecule has 4 rings (SSSR count). The van der Waals surface area contributed by atoms with Crippen LogP contribution in [0.5, 0.6) is 0 Å². The predicted molar refractivity (Wildman–Crippen MR) is 107 cm³/mol. The van der Waals surface area contributed by atoms with Gasteiger partial charge in [-0.1, -0.05) is 91.3 Å². The lowest BCUT2D eigenvalue weighted by molar-refractivity contribution is 0.169. The largest absolute Gasteiger partial charge is 0.401 e. The lowest BCUT2D eigenvalue weighted by atomic mass is 10.0. The number of hydrogen-bond acceptors (Lipinski definition) is 1. The average Bonchev–Trinajstić information content (AvgIpc) is 2.70. The smallest absolute Gasteiger partial charge is 0.256 e. The van der Waals surface area contributed by atoms with Crippen LogP contribution in [0.15, 0.2) is 84.9 Å². The van der Waals surface area contributed by atoms with Crippen LogP contribution in [0.1, 0.15) is 30.1 Å². The maximum Gasteiger partial charge on any atom is 0.256 e. The fourth-order valence-corrected chi connectivity index (χ4v) is 8.27. The molecule has 0 aromatic heterocycles. The molecule has 0 bridgehead atoms. The first-order chi connectivity index (χ1) is 12.3. The van der Waals surface area contributed by atoms with Crippen molar-refractivity contribution in [2.75, 3.05) is 0 Å². The van der Waals surface area contributed by atoms with Crippen LogP contribution in [0.4, 0.5) is 0 Å². The maximum absolute atomic E-state index is 7.05. The van der Waals surface area contributed by atoms with Gasteiger partial charge < -0.3 is 4.43 Å². The summed E-state index contributed by atoms with van der Waals surface area (Å²) in [5.74, 6) is 0. The van der Waals surface area contributed by atoms with Crippen molar-refractivity contribution >= 4 is 18.7 Å². The van der Waals surface area contributed by atoms with Gasteiger partial charge in [-0.05, 0) is 40.9 Å². The summed E-state index contributed by atoms with van der Waals surface area (Å²) in [4.78, 5) is 0. The van der Waals surface area contributed by atoms with Gasteiger partial charge in [0.25, 0.3) is 8.32 Å². The molecule has 0 amide bonds. The first-order valence-electron chi connectivity index (χ1n) is 9.14. The molecule has 1 aliphatic rings. The van der Waals surface area contributed by atoms with Crippen molar-refractivity contribution in [3.8, 4) is 0 Å². The number of rotatable bonds is 3. The summed E-state index contributed by atoms with van der Waals surface area (Å²) in [7, 11) is -2.20. The van der Waals surface area contributed by atoms with Gasteiger partial charge in [-0.2, -0.15) is 0 Å². The molecule has 1 nitrogen and oxygen atoms in total. The molecule has 0 aliphatic carbocycles. The second-order valence-corrected chi connectivity index (χ2v) is 10.5. The lowest BCUT2D eigenvalue weighted by Crippen LogP contribution is -2.62. The molecule has 3 aromatic rings. The van der Waals surface area contributed by atoms with E-state index in [0.29, 0.717) is 0 Å². The number of benzene rings is 3. The molecular formula is C23H24OSi. The summed E-state index contributed by atoms with van der Waals surface area (Å²) in [6.45, 7) is 2.20. The standard InChI is InChI=1S/C23H24OSi/c1-19-11-8-9-16-22(19)23-17-10-18-25(24-23,20-12-4-2-5-13-20)21-14-6-3-7-15-21/h2-9,11-16,23H,10,17-18H2,1H3. The highest BCUT2D eigenvalue weighted by Crippen LogP contribution is 2.36. The van der Waals surface area contributed by atoms with Crippen molar-refractivity contribution in [1.82, 2.24) is 0 Å². The molecule has 126 valence electrons. The van der Waals surface area contributed by atoms with Crippen molar-refractivity contribution in [2.24, 2.45) is 0 Å². The van der Waals surface area contributed by atoms with E-state index in [1.807, 2.05) is 0 Å². The third kappa shape index (κ3) is 3.08. The third-order valence-electron chi connectivity index (χ3n) is 5.35. The number of hydrogen-bond donors (Lipinski definition) is 0. The maximum atomic E-state index is 7.05. The molecule has 1 heterocycles. The highest BCUT2D eigenvalue weighted by atomic mass is 28.4. The fraction of sp³-hybridized carbons (Fsp3) is 0.217. The van der Waals surface area contributed by atoms with Gasteiger partial charge in [0.1, 0.15) is 0 Å². The van der Waals surface area contributed by atoms with Crippen molar-refractivity contribution in [3.63, 3.8) is 0 Å². The van der Waals surface area contributed by atoms with Crippen LogP contribution in [0.25, 0.3) is 0 Å². The van der Waals surface area contributed by atoms with Gasteiger partial charge in [0.05, 0.1) is 6.10 Å². The van der Waals surface area contributed by atoms with Crippen LogP contribution < -0.4 is 10.4 Å². The van der Waals surface area contributed by atoms with E-state index in [1.54, 1.807) is 0 Å². The van der Waals surface area contributed by atoms with E-state index in [2.05, 4.69) is 91.9 Å². The summed E-state index contributed by atoms with van der Waals surface area (Å²) in [6.07, 6.45) is 2.52. The minimum atomic E-state index is -2.20. The summed E-state index contributed by atoms with van der Waals surface area (Å²) >= 11 is 0. The molecule has 1 aliphatic heterocycles. The monoisotopic (exact) mass is 344 g/mol. The van der Waals surface area contributed by atoms with Gasteiger partial charge in [-0.3, -0.25) is 0 Å². The summed E-state index contributed by atoms with van der Waals surface area (Å²) < 4.78 is 7.05. The Morgan fingerprint density at radius 1 is 0.760 bits per heavy atom. The van der Waals surface area contributed by atoms with E-state index in [0.717, 1.165) is 12.5 Å². The molecule has 1 fully saturated rings. The minimum absolute atomic E-state index is 0.196. The molecule has 1 unspecified atom stereocenters. The van der Waals surface area contributed by atoms with Crippen LogP contribution >= 0.6 is 0 Å². The third-order valence-corrected chi connectivity index (χ3v) is 9.63. The second kappa shape index (κ2) is 6.99. The molecule has 2 heteroatoms. The quantitative estimate of drug-likeness (QED) is 0.631. The summed E-state index contributed by atoms with van der Waals surface area (Å²) in [5.41, 5.74) is 2.68. The van der Waals surface area contributed by atoms with Gasteiger partial charge in [-0.25, -0.2) is 0 Å². The molecule has 1 atom stereocenters. The zero-order chi connectivity index (χ0) is 17.1. The topological polar surface area (TPSA) is 9.23 Å². The molecular weight excluding hydrogens is 320 g/mol. The number of aryl methyl sites for hydroxylation is 1. The van der Waals surface area contributed by atoms with Crippen LogP contribution in [-0.2, 0) is 4.43 Å². The van der Waals surface area contributed by atoms with Crippen molar-refractivity contribution in [2.45, 2.75) is 31.9 Å².